The third kappa shape index (κ3) is 3.72. The largest absolute Gasteiger partial charge is 0.369 e. The van der Waals surface area contributed by atoms with E-state index in [-0.39, 0.29) is 0 Å². The first kappa shape index (κ1) is 14.7. The van der Waals surface area contributed by atoms with E-state index in [2.05, 4.69) is 33.3 Å². The topological polar surface area (TPSA) is 50.7 Å². The summed E-state index contributed by atoms with van der Waals surface area (Å²) in [6, 6.07) is 2.20. The van der Waals surface area contributed by atoms with Crippen molar-refractivity contribution in [1.82, 2.24) is 15.0 Å². The summed E-state index contributed by atoms with van der Waals surface area (Å²) in [5, 5.41) is 6.59. The van der Waals surface area contributed by atoms with Crippen LogP contribution in [-0.4, -0.2) is 27.2 Å². The Morgan fingerprint density at radius 1 is 1.29 bits per heavy atom. The summed E-state index contributed by atoms with van der Waals surface area (Å²) in [7, 11) is 0. The number of anilines is 1. The number of nitrogens with one attached hydrogen (secondary N) is 1. The van der Waals surface area contributed by atoms with E-state index in [1.54, 1.807) is 29.0 Å². The molecule has 0 aromatic carbocycles. The lowest BCUT2D eigenvalue weighted by molar-refractivity contribution is 0.980. The van der Waals surface area contributed by atoms with Crippen molar-refractivity contribution in [2.45, 2.75) is 24.1 Å². The van der Waals surface area contributed by atoms with Crippen LogP contribution < -0.4 is 5.32 Å². The molecule has 0 bridgehead atoms. The van der Waals surface area contributed by atoms with E-state index >= 15 is 0 Å². The molecule has 7 heteroatoms. The zero-order valence-electron chi connectivity index (χ0n) is 11.7. The molecule has 0 spiro atoms. The van der Waals surface area contributed by atoms with Crippen LogP contribution >= 0.6 is 34.4 Å². The zero-order chi connectivity index (χ0) is 14.5. The Balaban J connectivity index is 1.54. The van der Waals surface area contributed by atoms with Crippen molar-refractivity contribution in [3.05, 3.63) is 28.8 Å². The predicted octanol–water partition coefficient (Wildman–Crippen LogP) is 4.30. The fraction of sp³-hybridized carbons (Fsp3) is 0.357. The number of thiophene rings is 1. The van der Waals surface area contributed by atoms with Crippen molar-refractivity contribution in [3.63, 3.8) is 0 Å². The minimum Gasteiger partial charge on any atom is -0.369 e. The lowest BCUT2D eigenvalue weighted by Gasteiger charge is -2.05. The Morgan fingerprint density at radius 3 is 3.05 bits per heavy atom. The van der Waals surface area contributed by atoms with Gasteiger partial charge in [0.25, 0.3) is 0 Å². The maximum absolute atomic E-state index is 4.37. The molecule has 4 nitrogen and oxygen atoms in total. The van der Waals surface area contributed by atoms with Crippen molar-refractivity contribution in [3.8, 4) is 0 Å². The summed E-state index contributed by atoms with van der Waals surface area (Å²) in [5.74, 6) is 2.02. The van der Waals surface area contributed by atoms with Crippen LogP contribution in [0.25, 0.3) is 10.2 Å². The van der Waals surface area contributed by atoms with Crippen molar-refractivity contribution in [2.24, 2.45) is 0 Å². The Bertz CT molecular complexity index is 693. The molecule has 0 saturated carbocycles. The molecule has 0 saturated heterocycles. The van der Waals surface area contributed by atoms with Crippen LogP contribution in [0.15, 0.2) is 28.3 Å². The molecule has 3 rings (SSSR count). The second-order valence-corrected chi connectivity index (χ2v) is 7.79. The molecule has 0 aliphatic rings. The van der Waals surface area contributed by atoms with Crippen LogP contribution in [0.1, 0.15) is 18.2 Å². The maximum Gasteiger partial charge on any atom is 0.149 e. The monoisotopic (exact) mass is 336 g/mol. The van der Waals surface area contributed by atoms with Gasteiger partial charge in [0.05, 0.1) is 5.39 Å². The SMILES string of the molecule is CCc1cc2c(NCCCSc3nccs3)ncnc2s1. The number of hydrogen-bond donors (Lipinski definition) is 1. The average Bonchev–Trinajstić information content (AvgIpc) is 3.15. The van der Waals surface area contributed by atoms with Gasteiger partial charge in [-0.25, -0.2) is 15.0 Å². The van der Waals surface area contributed by atoms with Crippen molar-refractivity contribution in [2.75, 3.05) is 17.6 Å². The molecule has 110 valence electrons. The van der Waals surface area contributed by atoms with Crippen LogP contribution in [0, 0.1) is 0 Å². The molecule has 3 aromatic rings. The molecule has 0 aliphatic heterocycles. The third-order valence-corrected chi connectivity index (χ3v) is 6.22. The van der Waals surface area contributed by atoms with Crippen LogP contribution in [0.5, 0.6) is 0 Å². The lowest BCUT2D eigenvalue weighted by Crippen LogP contribution is -2.04. The summed E-state index contributed by atoms with van der Waals surface area (Å²) in [6.07, 6.45) is 5.63. The van der Waals surface area contributed by atoms with Crippen molar-refractivity contribution < 1.29 is 0 Å². The third-order valence-electron chi connectivity index (χ3n) is 2.98. The highest BCUT2D eigenvalue weighted by Crippen LogP contribution is 2.28. The zero-order valence-corrected chi connectivity index (χ0v) is 14.2. The summed E-state index contributed by atoms with van der Waals surface area (Å²) >= 11 is 5.26. The minimum absolute atomic E-state index is 0.918. The Kier molecular flexibility index (Phi) is 5.05. The van der Waals surface area contributed by atoms with Gasteiger partial charge in [-0.3, -0.25) is 0 Å². The normalized spacial score (nSPS) is 11.1. The van der Waals surface area contributed by atoms with Crippen molar-refractivity contribution in [1.29, 1.82) is 0 Å². The van der Waals surface area contributed by atoms with E-state index in [9.17, 15) is 0 Å². The number of aryl methyl sites for hydroxylation is 1. The highest BCUT2D eigenvalue weighted by atomic mass is 32.2. The standard InChI is InChI=1S/C14H16N4S3/c1-2-10-8-11-12(17-9-18-13(11)21-10)15-4-3-6-19-14-16-5-7-20-14/h5,7-9H,2-4,6H2,1H3,(H,15,17,18). The smallest absolute Gasteiger partial charge is 0.149 e. The van der Waals surface area contributed by atoms with Crippen LogP contribution in [-0.2, 0) is 6.42 Å². The van der Waals surface area contributed by atoms with Gasteiger partial charge in [0.2, 0.25) is 0 Å². The lowest BCUT2D eigenvalue weighted by atomic mass is 10.3. The average molecular weight is 337 g/mol. The molecular weight excluding hydrogens is 320 g/mol. The number of thiazole rings is 1. The highest BCUT2D eigenvalue weighted by Gasteiger charge is 2.07. The maximum atomic E-state index is 4.37. The molecule has 0 aliphatic carbocycles. The summed E-state index contributed by atoms with van der Waals surface area (Å²) < 4.78 is 1.14. The number of rotatable bonds is 7. The highest BCUT2D eigenvalue weighted by molar-refractivity contribution is 8.00. The van der Waals surface area contributed by atoms with Gasteiger partial charge in [-0.15, -0.1) is 22.7 Å². The van der Waals surface area contributed by atoms with Crippen LogP contribution in [0.2, 0.25) is 0 Å². The summed E-state index contributed by atoms with van der Waals surface area (Å²) in [5.41, 5.74) is 0. The number of fused-ring (bicyclic) bond motifs is 1. The van der Waals surface area contributed by atoms with E-state index in [0.29, 0.717) is 0 Å². The van der Waals surface area contributed by atoms with E-state index in [4.69, 9.17) is 0 Å². The molecule has 21 heavy (non-hydrogen) atoms. The van der Waals surface area contributed by atoms with Gasteiger partial charge in [0.15, 0.2) is 0 Å². The van der Waals surface area contributed by atoms with E-state index in [1.807, 2.05) is 23.3 Å². The molecule has 0 radical (unpaired) electrons. The predicted molar refractivity (Wildman–Crippen MR) is 92.7 cm³/mol. The fourth-order valence-corrected chi connectivity index (χ4v) is 4.52. The van der Waals surface area contributed by atoms with Gasteiger partial charge in [-0.1, -0.05) is 18.7 Å². The minimum atomic E-state index is 0.918. The number of hydrogen-bond acceptors (Lipinski definition) is 7. The van der Waals surface area contributed by atoms with E-state index in [1.165, 1.54) is 4.88 Å². The fourth-order valence-electron chi connectivity index (χ4n) is 1.94. The molecule has 3 aromatic heterocycles. The van der Waals surface area contributed by atoms with E-state index in [0.717, 1.165) is 45.5 Å². The molecule has 0 amide bonds. The molecule has 1 N–H and O–H groups in total. The van der Waals surface area contributed by atoms with Gasteiger partial charge >= 0.3 is 0 Å². The van der Waals surface area contributed by atoms with Crippen LogP contribution in [0.4, 0.5) is 5.82 Å². The van der Waals surface area contributed by atoms with Gasteiger partial charge in [0.1, 0.15) is 21.3 Å². The summed E-state index contributed by atoms with van der Waals surface area (Å²) in [6.45, 7) is 3.09. The first-order chi connectivity index (χ1) is 10.4. The molecule has 0 atom stereocenters. The number of thioether (sulfide) groups is 1. The second-order valence-electron chi connectivity index (χ2n) is 4.43. The van der Waals surface area contributed by atoms with Gasteiger partial charge in [-0.2, -0.15) is 0 Å². The Morgan fingerprint density at radius 2 is 2.24 bits per heavy atom. The quantitative estimate of drug-likeness (QED) is 0.515. The Labute approximate surface area is 136 Å². The molecular formula is C14H16N4S3. The second kappa shape index (κ2) is 7.20. The van der Waals surface area contributed by atoms with E-state index < -0.39 is 0 Å². The van der Waals surface area contributed by atoms with Gasteiger partial charge in [0, 0.05) is 28.8 Å². The molecule has 0 unspecified atom stereocenters. The molecule has 0 fully saturated rings. The van der Waals surface area contributed by atoms with Gasteiger partial charge in [-0.05, 0) is 18.9 Å². The first-order valence-corrected chi connectivity index (χ1v) is 9.54. The van der Waals surface area contributed by atoms with Crippen LogP contribution in [0.3, 0.4) is 0 Å². The Hall–Kier alpha value is -1.18. The molecule has 3 heterocycles. The van der Waals surface area contributed by atoms with Gasteiger partial charge < -0.3 is 5.32 Å². The number of aromatic nitrogens is 3. The first-order valence-electron chi connectivity index (χ1n) is 6.86. The number of nitrogens with zero attached hydrogens (tertiary/aromatic N) is 3. The van der Waals surface area contributed by atoms with Crippen molar-refractivity contribution >= 4 is 50.5 Å². The summed E-state index contributed by atoms with van der Waals surface area (Å²) in [4.78, 5) is 15.4.